The van der Waals surface area contributed by atoms with Crippen molar-refractivity contribution in [3.63, 3.8) is 0 Å². The Kier molecular flexibility index (Phi) is 7.82. The minimum Gasteiger partial charge on any atom is -0.345 e. The summed E-state index contributed by atoms with van der Waals surface area (Å²) >= 11 is 0. The van der Waals surface area contributed by atoms with Gasteiger partial charge in [-0.15, -0.1) is 0 Å². The van der Waals surface area contributed by atoms with Crippen LogP contribution >= 0.6 is 0 Å². The molecule has 8 heteroatoms. The molecule has 4 amide bonds. The normalized spacial score (nSPS) is 22.8. The summed E-state index contributed by atoms with van der Waals surface area (Å²) in [5.41, 5.74) is 1.76. The van der Waals surface area contributed by atoms with Gasteiger partial charge in [0.1, 0.15) is 18.1 Å². The van der Waals surface area contributed by atoms with E-state index < -0.39 is 29.9 Å². The Bertz CT molecular complexity index is 956. The second-order valence-corrected chi connectivity index (χ2v) is 8.31. The Hall–Kier alpha value is -3.68. The molecule has 0 unspecified atom stereocenters. The number of nitrogens with zero attached hydrogens (tertiary/aromatic N) is 2. The maximum atomic E-state index is 13.1. The minimum atomic E-state index is -0.866. The first-order chi connectivity index (χ1) is 15.8. The standard InChI is InChI=1S/C25H30N4O4/c1-17-25(33)29(3)20(14-18-10-6-4-7-11-18)23(31)26-16-22(30)28(2)21(24(32)27-17)15-19-12-8-5-9-13-19/h4-13,17,20-21H,14-16H2,1-3H3,(H,26,31)(H,27,32)/t17-,20+,21-/m0/s1. The van der Waals surface area contributed by atoms with Gasteiger partial charge in [-0.2, -0.15) is 0 Å². The van der Waals surface area contributed by atoms with E-state index in [0.29, 0.717) is 0 Å². The lowest BCUT2D eigenvalue weighted by Crippen LogP contribution is -2.59. The van der Waals surface area contributed by atoms with Crippen LogP contribution in [0.15, 0.2) is 60.7 Å². The fourth-order valence-electron chi connectivity index (χ4n) is 3.90. The highest BCUT2D eigenvalue weighted by molar-refractivity contribution is 5.96. The quantitative estimate of drug-likeness (QED) is 0.719. The van der Waals surface area contributed by atoms with Crippen LogP contribution in [-0.4, -0.2) is 72.2 Å². The zero-order valence-corrected chi connectivity index (χ0v) is 19.2. The van der Waals surface area contributed by atoms with Gasteiger partial charge in [-0.25, -0.2) is 0 Å². The second kappa shape index (κ2) is 10.8. The summed E-state index contributed by atoms with van der Waals surface area (Å²) < 4.78 is 0. The summed E-state index contributed by atoms with van der Waals surface area (Å²) in [6, 6.07) is 16.2. The van der Waals surface area contributed by atoms with Gasteiger partial charge in [0.15, 0.2) is 0 Å². The predicted molar refractivity (Wildman–Crippen MR) is 124 cm³/mol. The van der Waals surface area contributed by atoms with E-state index >= 15 is 0 Å². The van der Waals surface area contributed by atoms with Crippen molar-refractivity contribution in [1.29, 1.82) is 0 Å². The van der Waals surface area contributed by atoms with Crippen LogP contribution in [-0.2, 0) is 32.0 Å². The molecule has 2 aromatic carbocycles. The highest BCUT2D eigenvalue weighted by Crippen LogP contribution is 2.13. The molecule has 2 aromatic rings. The monoisotopic (exact) mass is 450 g/mol. The summed E-state index contributed by atoms with van der Waals surface area (Å²) in [7, 11) is 3.08. The lowest BCUT2D eigenvalue weighted by atomic mass is 10.0. The number of amides is 4. The van der Waals surface area contributed by atoms with Crippen molar-refractivity contribution in [2.45, 2.75) is 37.9 Å². The number of hydrogen-bond donors (Lipinski definition) is 2. The average molecular weight is 451 g/mol. The molecule has 8 nitrogen and oxygen atoms in total. The van der Waals surface area contributed by atoms with Gasteiger partial charge < -0.3 is 20.4 Å². The van der Waals surface area contributed by atoms with Crippen molar-refractivity contribution < 1.29 is 19.2 Å². The van der Waals surface area contributed by atoms with E-state index in [-0.39, 0.29) is 31.2 Å². The SMILES string of the molecule is C[C@@H]1NC(=O)[C@H](Cc2ccccc2)N(C)C(=O)CNC(=O)[C@@H](Cc2ccccc2)N(C)C1=O. The van der Waals surface area contributed by atoms with Crippen LogP contribution in [0, 0.1) is 0 Å². The van der Waals surface area contributed by atoms with Crippen molar-refractivity contribution >= 4 is 23.6 Å². The van der Waals surface area contributed by atoms with E-state index in [9.17, 15) is 19.2 Å². The Morgan fingerprint density at radius 3 is 1.76 bits per heavy atom. The molecule has 0 spiro atoms. The highest BCUT2D eigenvalue weighted by Gasteiger charge is 2.35. The third-order valence-electron chi connectivity index (χ3n) is 5.97. The van der Waals surface area contributed by atoms with E-state index in [1.807, 2.05) is 60.7 Å². The fraction of sp³-hybridized carbons (Fsp3) is 0.360. The minimum absolute atomic E-state index is 0.267. The van der Waals surface area contributed by atoms with E-state index in [2.05, 4.69) is 10.6 Å². The largest absolute Gasteiger partial charge is 0.345 e. The Morgan fingerprint density at radius 1 is 0.758 bits per heavy atom. The van der Waals surface area contributed by atoms with Crippen LogP contribution in [0.4, 0.5) is 0 Å². The molecular formula is C25H30N4O4. The van der Waals surface area contributed by atoms with Crippen LogP contribution in [0.5, 0.6) is 0 Å². The lowest BCUT2D eigenvalue weighted by molar-refractivity contribution is -0.145. The van der Waals surface area contributed by atoms with Crippen molar-refractivity contribution in [3.05, 3.63) is 71.8 Å². The first kappa shape index (κ1) is 24.0. The van der Waals surface area contributed by atoms with Gasteiger partial charge in [0.25, 0.3) is 0 Å². The van der Waals surface area contributed by atoms with Gasteiger partial charge in [-0.05, 0) is 18.1 Å². The molecule has 1 aliphatic rings. The summed E-state index contributed by atoms with van der Waals surface area (Å²) in [5, 5.41) is 5.40. The molecule has 3 atom stereocenters. The molecule has 0 aliphatic carbocycles. The van der Waals surface area contributed by atoms with Crippen LogP contribution < -0.4 is 10.6 Å². The highest BCUT2D eigenvalue weighted by atomic mass is 16.2. The molecular weight excluding hydrogens is 420 g/mol. The molecule has 1 saturated heterocycles. The number of carbonyl (C=O) groups excluding carboxylic acids is 4. The van der Waals surface area contributed by atoms with E-state index in [4.69, 9.17) is 0 Å². The lowest BCUT2D eigenvalue weighted by Gasteiger charge is -2.33. The number of nitrogens with one attached hydrogen (secondary N) is 2. The van der Waals surface area contributed by atoms with Gasteiger partial charge in [-0.3, -0.25) is 19.2 Å². The Balaban J connectivity index is 1.87. The molecule has 1 fully saturated rings. The van der Waals surface area contributed by atoms with Gasteiger partial charge >= 0.3 is 0 Å². The van der Waals surface area contributed by atoms with Crippen molar-refractivity contribution in [3.8, 4) is 0 Å². The third kappa shape index (κ3) is 5.97. The molecule has 0 bridgehead atoms. The number of rotatable bonds is 4. The maximum Gasteiger partial charge on any atom is 0.245 e. The summed E-state index contributed by atoms with van der Waals surface area (Å²) in [4.78, 5) is 54.8. The van der Waals surface area contributed by atoms with Crippen LogP contribution in [0.3, 0.4) is 0 Å². The van der Waals surface area contributed by atoms with Crippen molar-refractivity contribution in [1.82, 2.24) is 20.4 Å². The molecule has 33 heavy (non-hydrogen) atoms. The molecule has 0 saturated carbocycles. The summed E-state index contributed by atoms with van der Waals surface area (Å²) in [6.07, 6.45) is 0.576. The van der Waals surface area contributed by atoms with Gasteiger partial charge in [0, 0.05) is 26.9 Å². The Morgan fingerprint density at radius 2 is 1.24 bits per heavy atom. The number of hydrogen-bond acceptors (Lipinski definition) is 4. The molecule has 0 aromatic heterocycles. The average Bonchev–Trinajstić information content (AvgIpc) is 2.83. The Labute approximate surface area is 193 Å². The first-order valence-electron chi connectivity index (χ1n) is 11.0. The van der Waals surface area contributed by atoms with E-state index in [1.54, 1.807) is 14.0 Å². The summed E-state index contributed by atoms with van der Waals surface area (Å²) in [5.74, 6) is -1.61. The number of likely N-dealkylation sites (N-methyl/N-ethyl adjacent to an activating group) is 2. The van der Waals surface area contributed by atoms with Gasteiger partial charge in [-0.1, -0.05) is 60.7 Å². The zero-order valence-electron chi connectivity index (χ0n) is 19.2. The van der Waals surface area contributed by atoms with Crippen molar-refractivity contribution in [2.75, 3.05) is 20.6 Å². The zero-order chi connectivity index (χ0) is 24.0. The molecule has 3 rings (SSSR count). The van der Waals surface area contributed by atoms with Crippen molar-refractivity contribution in [2.24, 2.45) is 0 Å². The smallest absolute Gasteiger partial charge is 0.245 e. The van der Waals surface area contributed by atoms with Crippen LogP contribution in [0.25, 0.3) is 0 Å². The van der Waals surface area contributed by atoms with Gasteiger partial charge in [0.05, 0.1) is 6.54 Å². The molecule has 0 radical (unpaired) electrons. The topological polar surface area (TPSA) is 98.8 Å². The second-order valence-electron chi connectivity index (χ2n) is 8.31. The maximum absolute atomic E-state index is 13.1. The van der Waals surface area contributed by atoms with Crippen LogP contribution in [0.1, 0.15) is 18.1 Å². The third-order valence-corrected chi connectivity index (χ3v) is 5.97. The molecule has 174 valence electrons. The van der Waals surface area contributed by atoms with E-state index in [1.165, 1.54) is 16.8 Å². The molecule has 1 heterocycles. The van der Waals surface area contributed by atoms with E-state index in [0.717, 1.165) is 11.1 Å². The first-order valence-corrected chi connectivity index (χ1v) is 11.0. The van der Waals surface area contributed by atoms with Gasteiger partial charge in [0.2, 0.25) is 23.6 Å². The summed E-state index contributed by atoms with van der Waals surface area (Å²) in [6.45, 7) is 1.32. The molecule has 2 N–H and O–H groups in total. The fourth-order valence-corrected chi connectivity index (χ4v) is 3.90. The predicted octanol–water partition coefficient (Wildman–Crippen LogP) is 0.760. The number of carbonyl (C=O) groups is 4. The number of benzene rings is 2. The molecule has 1 aliphatic heterocycles. The van der Waals surface area contributed by atoms with Crippen LogP contribution in [0.2, 0.25) is 0 Å².